The lowest BCUT2D eigenvalue weighted by Gasteiger charge is -2.19. The molecule has 1 aliphatic rings. The molecule has 1 fully saturated rings. The van der Waals surface area contributed by atoms with Crippen molar-refractivity contribution in [2.75, 3.05) is 24.7 Å². The van der Waals surface area contributed by atoms with Gasteiger partial charge in [0.2, 0.25) is 11.8 Å². The number of nitrogens with one attached hydrogen (secondary N) is 1. The number of hydrogen-bond acceptors (Lipinski definition) is 9. The molecule has 0 spiro atoms. The van der Waals surface area contributed by atoms with Crippen molar-refractivity contribution in [3.63, 3.8) is 0 Å². The number of anilines is 2. The Bertz CT molecular complexity index is 874. The molecular formula is C17H24N6O4. The molecule has 2 aromatic rings. The zero-order valence-corrected chi connectivity index (χ0v) is 15.3. The molecule has 2 aromatic heterocycles. The molecule has 3 rings (SSSR count). The molecule has 146 valence electrons. The Kier molecular flexibility index (Phi) is 5.76. The van der Waals surface area contributed by atoms with Crippen LogP contribution in [0, 0.1) is 11.8 Å². The fourth-order valence-electron chi connectivity index (χ4n) is 2.97. The minimum absolute atomic E-state index is 0.154. The van der Waals surface area contributed by atoms with Gasteiger partial charge in [-0.2, -0.15) is 0 Å². The number of nitrogens with zero attached hydrogens (tertiary/aromatic N) is 4. The lowest BCUT2D eigenvalue weighted by Crippen LogP contribution is -2.33. The van der Waals surface area contributed by atoms with E-state index in [0.717, 1.165) is 19.3 Å². The van der Waals surface area contributed by atoms with Crippen molar-refractivity contribution in [3.05, 3.63) is 5.82 Å². The van der Waals surface area contributed by atoms with E-state index in [2.05, 4.69) is 39.0 Å². The molecule has 1 aliphatic heterocycles. The Morgan fingerprint density at radius 1 is 1.26 bits per heavy atom. The zero-order valence-electron chi connectivity index (χ0n) is 15.3. The van der Waals surface area contributed by atoms with Gasteiger partial charge in [0.1, 0.15) is 18.3 Å². The Morgan fingerprint density at radius 2 is 2.04 bits per heavy atom. The molecule has 10 nitrogen and oxygen atoms in total. The molecule has 1 saturated heterocycles. The largest absolute Gasteiger partial charge is 0.394 e. The number of aliphatic hydroxyl groups excluding tert-OH is 3. The van der Waals surface area contributed by atoms with Gasteiger partial charge in [-0.1, -0.05) is 19.3 Å². The van der Waals surface area contributed by atoms with Crippen LogP contribution < -0.4 is 11.1 Å². The van der Waals surface area contributed by atoms with Crippen molar-refractivity contribution in [3.8, 4) is 11.8 Å². The summed E-state index contributed by atoms with van der Waals surface area (Å²) in [6, 6.07) is 0. The van der Waals surface area contributed by atoms with E-state index in [0.29, 0.717) is 17.1 Å². The third kappa shape index (κ3) is 3.54. The number of unbranched alkanes of at least 4 members (excludes halogenated alkanes) is 2. The number of imidazole rings is 1. The maximum atomic E-state index is 10.4. The maximum Gasteiger partial charge on any atom is 0.208 e. The van der Waals surface area contributed by atoms with Crippen molar-refractivity contribution in [1.29, 1.82) is 0 Å². The van der Waals surface area contributed by atoms with Gasteiger partial charge < -0.3 is 31.1 Å². The van der Waals surface area contributed by atoms with Crippen molar-refractivity contribution < 1.29 is 20.1 Å². The van der Waals surface area contributed by atoms with Crippen LogP contribution in [0.4, 0.5) is 11.8 Å². The fourth-order valence-corrected chi connectivity index (χ4v) is 2.97. The highest BCUT2D eigenvalue weighted by molar-refractivity contribution is 5.84. The van der Waals surface area contributed by atoms with Gasteiger partial charge in [0, 0.05) is 13.5 Å². The van der Waals surface area contributed by atoms with Gasteiger partial charge in [-0.25, -0.2) is 15.0 Å². The van der Waals surface area contributed by atoms with Crippen LogP contribution in [0.1, 0.15) is 38.2 Å². The molecule has 0 saturated carbocycles. The number of nitrogens with two attached hydrogens (primary N) is 1. The van der Waals surface area contributed by atoms with Gasteiger partial charge in [0.15, 0.2) is 23.2 Å². The van der Waals surface area contributed by atoms with Gasteiger partial charge in [0.05, 0.1) is 6.61 Å². The van der Waals surface area contributed by atoms with Crippen LogP contribution in [0.3, 0.4) is 0 Å². The standard InChI is InChI=1S/C17H24N6O4/c1-3-4-5-6-7-10-20-14(18)11-15(21-10)23(17(19-2)22-11)16-13(26)12(25)9(8-24)27-16/h9,12-13,16,24-26H,3-5,8H2,1-2H3,(H,19,22)(H2,18,20,21)/t9-,12-,13-,16-/m1/s1. The Hall–Kier alpha value is -2.45. The highest BCUT2D eigenvalue weighted by Crippen LogP contribution is 2.35. The molecule has 0 bridgehead atoms. The number of ether oxygens (including phenoxy) is 1. The lowest BCUT2D eigenvalue weighted by atomic mass is 10.1. The first-order valence-corrected chi connectivity index (χ1v) is 8.86. The Morgan fingerprint density at radius 3 is 2.67 bits per heavy atom. The minimum atomic E-state index is -1.28. The first-order valence-electron chi connectivity index (χ1n) is 8.86. The molecule has 0 amide bonds. The van der Waals surface area contributed by atoms with Crippen molar-refractivity contribution in [1.82, 2.24) is 19.5 Å². The third-order valence-electron chi connectivity index (χ3n) is 4.42. The molecule has 0 unspecified atom stereocenters. The van der Waals surface area contributed by atoms with Gasteiger partial charge in [-0.15, -0.1) is 0 Å². The van der Waals surface area contributed by atoms with Crippen molar-refractivity contribution >= 4 is 22.9 Å². The minimum Gasteiger partial charge on any atom is -0.394 e. The molecule has 0 aliphatic carbocycles. The van der Waals surface area contributed by atoms with Crippen LogP contribution in [-0.2, 0) is 4.74 Å². The molecular weight excluding hydrogens is 352 g/mol. The van der Waals surface area contributed by atoms with Crippen LogP contribution in [0.5, 0.6) is 0 Å². The van der Waals surface area contributed by atoms with Gasteiger partial charge in [0.25, 0.3) is 0 Å². The summed E-state index contributed by atoms with van der Waals surface area (Å²) < 4.78 is 7.11. The van der Waals surface area contributed by atoms with E-state index in [9.17, 15) is 15.3 Å². The van der Waals surface area contributed by atoms with Gasteiger partial charge in [-0.3, -0.25) is 4.57 Å². The van der Waals surface area contributed by atoms with Crippen LogP contribution in [0.25, 0.3) is 11.2 Å². The summed E-state index contributed by atoms with van der Waals surface area (Å²) in [5, 5.41) is 32.7. The van der Waals surface area contributed by atoms with Gasteiger partial charge in [-0.05, 0) is 12.3 Å². The van der Waals surface area contributed by atoms with Crippen LogP contribution in [0.15, 0.2) is 0 Å². The number of aliphatic hydroxyl groups is 3. The zero-order chi connectivity index (χ0) is 19.6. The number of hydrogen-bond donors (Lipinski definition) is 5. The predicted octanol–water partition coefficient (Wildman–Crippen LogP) is -0.397. The lowest BCUT2D eigenvalue weighted by molar-refractivity contribution is -0.0501. The highest BCUT2D eigenvalue weighted by atomic mass is 16.6. The first kappa shape index (κ1) is 19.3. The second-order valence-electron chi connectivity index (χ2n) is 6.29. The van der Waals surface area contributed by atoms with Gasteiger partial charge >= 0.3 is 0 Å². The summed E-state index contributed by atoms with van der Waals surface area (Å²) in [5.74, 6) is 6.63. The summed E-state index contributed by atoms with van der Waals surface area (Å²) in [6.07, 6.45) is -1.68. The van der Waals surface area contributed by atoms with E-state index < -0.39 is 31.1 Å². The van der Waals surface area contributed by atoms with E-state index in [4.69, 9.17) is 10.5 Å². The second-order valence-corrected chi connectivity index (χ2v) is 6.29. The molecule has 6 N–H and O–H groups in total. The number of nitrogen functional groups attached to an aromatic ring is 1. The topological polar surface area (TPSA) is 152 Å². The molecule has 3 heterocycles. The summed E-state index contributed by atoms with van der Waals surface area (Å²) in [7, 11) is 1.65. The first-order chi connectivity index (χ1) is 13.0. The maximum absolute atomic E-state index is 10.4. The highest BCUT2D eigenvalue weighted by Gasteiger charge is 2.45. The fraction of sp³-hybridized carbons (Fsp3) is 0.588. The van der Waals surface area contributed by atoms with Crippen LogP contribution in [0.2, 0.25) is 0 Å². The molecule has 27 heavy (non-hydrogen) atoms. The normalized spacial score (nSPS) is 24.8. The molecule has 0 radical (unpaired) electrons. The average molecular weight is 376 g/mol. The summed E-state index contributed by atoms with van der Waals surface area (Å²) >= 11 is 0. The predicted molar refractivity (Wildman–Crippen MR) is 98.7 cm³/mol. The molecule has 4 atom stereocenters. The number of rotatable bonds is 5. The number of aromatic nitrogens is 4. The van der Waals surface area contributed by atoms with Crippen LogP contribution >= 0.6 is 0 Å². The van der Waals surface area contributed by atoms with E-state index in [1.807, 2.05) is 0 Å². The van der Waals surface area contributed by atoms with E-state index in [-0.39, 0.29) is 11.6 Å². The quantitative estimate of drug-likeness (QED) is 0.347. The van der Waals surface area contributed by atoms with Crippen LogP contribution in [-0.4, -0.2) is 66.8 Å². The molecule has 10 heteroatoms. The van der Waals surface area contributed by atoms with Crippen molar-refractivity contribution in [2.24, 2.45) is 0 Å². The summed E-state index contributed by atoms with van der Waals surface area (Å²) in [5.41, 5.74) is 6.67. The second kappa shape index (κ2) is 8.06. The average Bonchev–Trinajstić information content (AvgIpc) is 3.17. The van der Waals surface area contributed by atoms with Crippen molar-refractivity contribution in [2.45, 2.75) is 50.7 Å². The SMILES string of the molecule is CCCCC#Cc1nc(N)c2nc(NC)n([C@@H]3O[C@H](CO)[C@@H](O)[C@H]3O)c2n1. The van der Waals surface area contributed by atoms with E-state index in [1.54, 1.807) is 7.05 Å². The Balaban J connectivity index is 2.08. The van der Waals surface area contributed by atoms with E-state index in [1.165, 1.54) is 4.57 Å². The third-order valence-corrected chi connectivity index (χ3v) is 4.42. The molecule has 0 aromatic carbocycles. The Labute approximate surface area is 156 Å². The summed E-state index contributed by atoms with van der Waals surface area (Å²) in [4.78, 5) is 12.9. The number of fused-ring (bicyclic) bond motifs is 1. The summed E-state index contributed by atoms with van der Waals surface area (Å²) in [6.45, 7) is 1.66. The monoisotopic (exact) mass is 376 g/mol. The van der Waals surface area contributed by atoms with E-state index >= 15 is 0 Å². The smallest absolute Gasteiger partial charge is 0.208 e.